The summed E-state index contributed by atoms with van der Waals surface area (Å²) in [6.45, 7) is 4.60. The summed E-state index contributed by atoms with van der Waals surface area (Å²) in [4.78, 5) is 0. The second-order valence-corrected chi connectivity index (χ2v) is 11.6. The molecule has 0 N–H and O–H groups in total. The average molecular weight is 503 g/mol. The molecular formula is C36H70. The van der Waals surface area contributed by atoms with Crippen LogP contribution in [-0.4, -0.2) is 0 Å². The van der Waals surface area contributed by atoms with Crippen molar-refractivity contribution in [1.29, 1.82) is 0 Å². The molecule has 0 radical (unpaired) electrons. The molecule has 0 saturated carbocycles. The van der Waals surface area contributed by atoms with Gasteiger partial charge in [0.15, 0.2) is 0 Å². The van der Waals surface area contributed by atoms with Crippen LogP contribution in [0.5, 0.6) is 0 Å². The maximum absolute atomic E-state index is 2.45. The molecule has 0 atom stereocenters. The van der Waals surface area contributed by atoms with Gasteiger partial charge in [-0.2, -0.15) is 0 Å². The maximum Gasteiger partial charge on any atom is -0.0351 e. The predicted octanol–water partition coefficient (Wildman–Crippen LogP) is 13.8. The highest BCUT2D eigenvalue weighted by atomic mass is 14.0. The van der Waals surface area contributed by atoms with E-state index in [1.807, 2.05) is 0 Å². The van der Waals surface area contributed by atoms with E-state index in [9.17, 15) is 0 Å². The van der Waals surface area contributed by atoms with Gasteiger partial charge in [-0.1, -0.05) is 179 Å². The Bertz CT molecular complexity index is 418. The van der Waals surface area contributed by atoms with Crippen LogP contribution < -0.4 is 0 Å². The van der Waals surface area contributed by atoms with Gasteiger partial charge in [-0.05, 0) is 51.4 Å². The quantitative estimate of drug-likeness (QED) is 0.0653. The van der Waals surface area contributed by atoms with Gasteiger partial charge in [-0.3, -0.25) is 0 Å². The number of hydrogen-bond acceptors (Lipinski definition) is 0. The SMILES string of the molecule is CCCCCCCCC=CCCCCCCCCCCCCC/C=C\CCCCCCCCCCC. The lowest BCUT2D eigenvalue weighted by molar-refractivity contribution is 0.547. The van der Waals surface area contributed by atoms with Crippen molar-refractivity contribution in [3.05, 3.63) is 24.3 Å². The fourth-order valence-electron chi connectivity index (χ4n) is 5.20. The maximum atomic E-state index is 2.45. The van der Waals surface area contributed by atoms with Crippen LogP contribution in [0.1, 0.15) is 206 Å². The third-order valence-corrected chi connectivity index (χ3v) is 7.77. The molecule has 0 amide bonds. The monoisotopic (exact) mass is 503 g/mol. The van der Waals surface area contributed by atoms with Gasteiger partial charge in [-0.15, -0.1) is 0 Å². The van der Waals surface area contributed by atoms with Gasteiger partial charge in [0, 0.05) is 0 Å². The number of allylic oxidation sites excluding steroid dienone is 4. The molecule has 0 spiro atoms. The standard InChI is InChI=1S/C36H70/c1-3-5-7-9-11-13-15-17-19-21-23-25-27-29-31-33-35-36-34-32-30-28-26-24-22-20-18-16-14-12-10-8-6-4-2/h17,19,24,26H,3-16,18,20-23,25,27-36H2,1-2H3/b19-17?,26-24-. The van der Waals surface area contributed by atoms with Gasteiger partial charge in [0.2, 0.25) is 0 Å². The van der Waals surface area contributed by atoms with Gasteiger partial charge in [0.1, 0.15) is 0 Å². The summed E-state index contributed by atoms with van der Waals surface area (Å²) in [5.41, 5.74) is 0. The topological polar surface area (TPSA) is 0 Å². The van der Waals surface area contributed by atoms with Crippen molar-refractivity contribution in [2.24, 2.45) is 0 Å². The van der Waals surface area contributed by atoms with E-state index in [4.69, 9.17) is 0 Å². The molecule has 0 unspecified atom stereocenters. The molecule has 0 rings (SSSR count). The highest BCUT2D eigenvalue weighted by Gasteiger charge is 1.94. The molecule has 0 aliphatic carbocycles. The molecule has 0 heterocycles. The summed E-state index contributed by atoms with van der Waals surface area (Å²) in [6, 6.07) is 0. The molecule has 36 heavy (non-hydrogen) atoms. The van der Waals surface area contributed by atoms with Gasteiger partial charge < -0.3 is 0 Å². The molecule has 0 aromatic heterocycles. The lowest BCUT2D eigenvalue weighted by Gasteiger charge is -2.02. The van der Waals surface area contributed by atoms with E-state index in [0.29, 0.717) is 0 Å². The highest BCUT2D eigenvalue weighted by Crippen LogP contribution is 2.14. The summed E-state index contributed by atoms with van der Waals surface area (Å²) in [6.07, 6.45) is 52.4. The second kappa shape index (κ2) is 34.5. The Morgan fingerprint density at radius 2 is 0.389 bits per heavy atom. The van der Waals surface area contributed by atoms with E-state index in [2.05, 4.69) is 38.2 Å². The first kappa shape index (κ1) is 35.5. The lowest BCUT2D eigenvalue weighted by Crippen LogP contribution is -1.82. The first-order chi connectivity index (χ1) is 17.9. The average Bonchev–Trinajstić information content (AvgIpc) is 2.89. The van der Waals surface area contributed by atoms with Gasteiger partial charge >= 0.3 is 0 Å². The number of unbranched alkanes of at least 4 members (excludes halogenated alkanes) is 27. The molecule has 0 saturated heterocycles. The first-order valence-electron chi connectivity index (χ1n) is 17.2. The van der Waals surface area contributed by atoms with Crippen molar-refractivity contribution in [3.8, 4) is 0 Å². The van der Waals surface area contributed by atoms with Gasteiger partial charge in [-0.25, -0.2) is 0 Å². The molecule has 0 heteroatoms. The van der Waals surface area contributed by atoms with Crippen LogP contribution in [0.3, 0.4) is 0 Å². The van der Waals surface area contributed by atoms with E-state index < -0.39 is 0 Å². The van der Waals surface area contributed by atoms with Crippen LogP contribution in [0.2, 0.25) is 0 Å². The summed E-state index contributed by atoms with van der Waals surface area (Å²) in [5.74, 6) is 0. The van der Waals surface area contributed by atoms with Crippen LogP contribution in [0, 0.1) is 0 Å². The van der Waals surface area contributed by atoms with E-state index in [0.717, 1.165) is 0 Å². The number of rotatable bonds is 31. The van der Waals surface area contributed by atoms with Gasteiger partial charge in [0.25, 0.3) is 0 Å². The highest BCUT2D eigenvalue weighted by molar-refractivity contribution is 4.82. The Morgan fingerprint density at radius 3 is 0.583 bits per heavy atom. The Balaban J connectivity index is 3.11. The van der Waals surface area contributed by atoms with E-state index in [-0.39, 0.29) is 0 Å². The molecule has 0 nitrogen and oxygen atoms in total. The van der Waals surface area contributed by atoms with Crippen molar-refractivity contribution in [2.45, 2.75) is 206 Å². The van der Waals surface area contributed by atoms with E-state index in [1.54, 1.807) is 0 Å². The Morgan fingerprint density at radius 1 is 0.222 bits per heavy atom. The van der Waals surface area contributed by atoms with Crippen LogP contribution in [0.4, 0.5) is 0 Å². The Kier molecular flexibility index (Phi) is 34.0. The smallest absolute Gasteiger partial charge is 0.0351 e. The molecule has 214 valence electrons. The van der Waals surface area contributed by atoms with Crippen LogP contribution >= 0.6 is 0 Å². The van der Waals surface area contributed by atoms with Crippen LogP contribution in [0.25, 0.3) is 0 Å². The van der Waals surface area contributed by atoms with Crippen molar-refractivity contribution < 1.29 is 0 Å². The molecule has 0 bridgehead atoms. The third kappa shape index (κ3) is 33.5. The largest absolute Gasteiger partial charge is 0.0885 e. The van der Waals surface area contributed by atoms with Crippen molar-refractivity contribution in [2.75, 3.05) is 0 Å². The van der Waals surface area contributed by atoms with Crippen molar-refractivity contribution in [1.82, 2.24) is 0 Å². The second-order valence-electron chi connectivity index (χ2n) is 11.6. The molecule has 0 fully saturated rings. The van der Waals surface area contributed by atoms with E-state index in [1.165, 1.54) is 193 Å². The lowest BCUT2D eigenvalue weighted by atomic mass is 10.0. The molecule has 0 aromatic rings. The summed E-state index contributed by atoms with van der Waals surface area (Å²) in [7, 11) is 0. The molecule has 0 aliphatic heterocycles. The predicted molar refractivity (Wildman–Crippen MR) is 168 cm³/mol. The summed E-state index contributed by atoms with van der Waals surface area (Å²) < 4.78 is 0. The zero-order chi connectivity index (χ0) is 26.0. The minimum atomic E-state index is 1.31. The summed E-state index contributed by atoms with van der Waals surface area (Å²) >= 11 is 0. The van der Waals surface area contributed by atoms with Crippen molar-refractivity contribution in [3.63, 3.8) is 0 Å². The van der Waals surface area contributed by atoms with Crippen LogP contribution in [-0.2, 0) is 0 Å². The molecular weight excluding hydrogens is 432 g/mol. The Hall–Kier alpha value is -0.520. The van der Waals surface area contributed by atoms with Gasteiger partial charge in [0.05, 0.1) is 0 Å². The minimum absolute atomic E-state index is 1.31. The molecule has 0 aromatic carbocycles. The van der Waals surface area contributed by atoms with E-state index >= 15 is 0 Å². The zero-order valence-electron chi connectivity index (χ0n) is 25.5. The first-order valence-corrected chi connectivity index (χ1v) is 17.2. The fraction of sp³-hybridized carbons (Fsp3) is 0.889. The normalized spacial score (nSPS) is 11.9. The fourth-order valence-corrected chi connectivity index (χ4v) is 5.20. The number of hydrogen-bond donors (Lipinski definition) is 0. The Labute approximate surface area is 230 Å². The summed E-state index contributed by atoms with van der Waals surface area (Å²) in [5, 5.41) is 0. The minimum Gasteiger partial charge on any atom is -0.0885 e. The zero-order valence-corrected chi connectivity index (χ0v) is 25.5. The van der Waals surface area contributed by atoms with Crippen LogP contribution in [0.15, 0.2) is 24.3 Å². The third-order valence-electron chi connectivity index (χ3n) is 7.77. The molecule has 0 aliphatic rings. The van der Waals surface area contributed by atoms with Crippen molar-refractivity contribution >= 4 is 0 Å².